The number of hydrazone groups is 1. The van der Waals surface area contributed by atoms with Crippen molar-refractivity contribution in [2.24, 2.45) is 5.10 Å². The highest BCUT2D eigenvalue weighted by Crippen LogP contribution is 2.30. The van der Waals surface area contributed by atoms with Gasteiger partial charge < -0.3 is 9.47 Å². The Balaban J connectivity index is 1.72. The number of anilines is 1. The SMILES string of the molecule is O=C(C1=COCCO1)N(/N=C/c1ccc(F)cc1)c1nc2ccc(F)cc2s1. The van der Waals surface area contributed by atoms with Gasteiger partial charge in [-0.05, 0) is 35.9 Å². The van der Waals surface area contributed by atoms with E-state index in [0.29, 0.717) is 22.4 Å². The smallest absolute Gasteiger partial charge is 0.319 e. The van der Waals surface area contributed by atoms with Gasteiger partial charge in [-0.3, -0.25) is 4.79 Å². The molecule has 28 heavy (non-hydrogen) atoms. The van der Waals surface area contributed by atoms with Crippen molar-refractivity contribution in [3.63, 3.8) is 0 Å². The monoisotopic (exact) mass is 401 g/mol. The number of hydrogen-bond donors (Lipinski definition) is 0. The molecule has 2 heterocycles. The number of hydrogen-bond acceptors (Lipinski definition) is 6. The minimum Gasteiger partial charge on any atom is -0.494 e. The maximum Gasteiger partial charge on any atom is 0.319 e. The lowest BCUT2D eigenvalue weighted by molar-refractivity contribution is -0.119. The van der Waals surface area contributed by atoms with E-state index < -0.39 is 11.7 Å². The quantitative estimate of drug-likeness (QED) is 0.492. The van der Waals surface area contributed by atoms with Gasteiger partial charge in [0.1, 0.15) is 31.1 Å². The highest BCUT2D eigenvalue weighted by molar-refractivity contribution is 7.22. The van der Waals surface area contributed by atoms with Crippen LogP contribution in [0.15, 0.2) is 59.6 Å². The van der Waals surface area contributed by atoms with Gasteiger partial charge in [-0.1, -0.05) is 23.5 Å². The molecular formula is C19H13F2N3O3S. The molecule has 142 valence electrons. The van der Waals surface area contributed by atoms with Crippen LogP contribution in [0.5, 0.6) is 0 Å². The number of aromatic nitrogens is 1. The third-order valence-electron chi connectivity index (χ3n) is 3.76. The molecule has 0 N–H and O–H groups in total. The Morgan fingerprint density at radius 1 is 1.14 bits per heavy atom. The van der Waals surface area contributed by atoms with Gasteiger partial charge >= 0.3 is 5.91 Å². The van der Waals surface area contributed by atoms with Crippen molar-refractivity contribution in [3.8, 4) is 0 Å². The Morgan fingerprint density at radius 2 is 1.93 bits per heavy atom. The Morgan fingerprint density at radius 3 is 2.68 bits per heavy atom. The van der Waals surface area contributed by atoms with Gasteiger partial charge in [0, 0.05) is 0 Å². The molecule has 1 amide bonds. The van der Waals surface area contributed by atoms with Gasteiger partial charge in [0.25, 0.3) is 0 Å². The van der Waals surface area contributed by atoms with Crippen LogP contribution in [0.1, 0.15) is 5.56 Å². The molecule has 6 nitrogen and oxygen atoms in total. The van der Waals surface area contributed by atoms with E-state index in [1.54, 1.807) is 0 Å². The van der Waals surface area contributed by atoms with Crippen molar-refractivity contribution < 1.29 is 23.0 Å². The van der Waals surface area contributed by atoms with Crippen LogP contribution in [0.2, 0.25) is 0 Å². The summed E-state index contributed by atoms with van der Waals surface area (Å²) >= 11 is 1.11. The van der Waals surface area contributed by atoms with Crippen LogP contribution in [0.3, 0.4) is 0 Å². The molecule has 1 aromatic heterocycles. The van der Waals surface area contributed by atoms with Gasteiger partial charge in [0.05, 0.1) is 16.4 Å². The van der Waals surface area contributed by atoms with E-state index in [1.807, 2.05) is 0 Å². The van der Waals surface area contributed by atoms with Crippen LogP contribution in [0, 0.1) is 11.6 Å². The second kappa shape index (κ2) is 7.73. The number of nitrogens with zero attached hydrogens (tertiary/aromatic N) is 3. The first-order valence-electron chi connectivity index (χ1n) is 8.25. The zero-order valence-electron chi connectivity index (χ0n) is 14.3. The average Bonchev–Trinajstić information content (AvgIpc) is 3.13. The van der Waals surface area contributed by atoms with Crippen LogP contribution in [0.25, 0.3) is 10.2 Å². The Bertz CT molecular complexity index is 1080. The molecule has 0 saturated carbocycles. The van der Waals surface area contributed by atoms with E-state index in [2.05, 4.69) is 10.1 Å². The summed E-state index contributed by atoms with van der Waals surface area (Å²) < 4.78 is 37.6. The van der Waals surface area contributed by atoms with Gasteiger partial charge in [-0.25, -0.2) is 13.8 Å². The highest BCUT2D eigenvalue weighted by Gasteiger charge is 2.26. The molecule has 0 aliphatic carbocycles. The van der Waals surface area contributed by atoms with Crippen molar-refractivity contribution in [3.05, 3.63) is 71.7 Å². The number of thiazole rings is 1. The third kappa shape index (κ3) is 3.84. The molecule has 0 unspecified atom stereocenters. The number of amides is 1. The van der Waals surface area contributed by atoms with Crippen LogP contribution in [0.4, 0.5) is 13.9 Å². The standard InChI is InChI=1S/C19H13F2N3O3S/c20-13-3-1-12(2-4-13)10-22-24(18(25)16-11-26-7-8-27-16)19-23-15-6-5-14(21)9-17(15)28-19/h1-6,9-11H,7-8H2/b22-10+. The summed E-state index contributed by atoms with van der Waals surface area (Å²) in [7, 11) is 0. The van der Waals surface area contributed by atoms with Crippen molar-refractivity contribution in [1.29, 1.82) is 0 Å². The van der Waals surface area contributed by atoms with Gasteiger partial charge in [-0.2, -0.15) is 10.1 Å². The predicted octanol–water partition coefficient (Wildman–Crippen LogP) is 3.83. The lowest BCUT2D eigenvalue weighted by Crippen LogP contribution is -2.30. The number of carbonyl (C=O) groups is 1. The zero-order valence-corrected chi connectivity index (χ0v) is 15.2. The fourth-order valence-electron chi connectivity index (χ4n) is 2.42. The van der Waals surface area contributed by atoms with E-state index in [-0.39, 0.29) is 23.3 Å². The second-order valence-corrected chi connectivity index (χ2v) is 6.73. The molecule has 0 spiro atoms. The maximum absolute atomic E-state index is 13.5. The summed E-state index contributed by atoms with van der Waals surface area (Å²) in [6, 6.07) is 9.77. The van der Waals surface area contributed by atoms with Crippen LogP contribution in [-0.4, -0.2) is 30.3 Å². The molecule has 1 aliphatic rings. The maximum atomic E-state index is 13.5. The fraction of sp³-hybridized carbons (Fsp3) is 0.105. The molecule has 3 aromatic rings. The summed E-state index contributed by atoms with van der Waals surface area (Å²) in [6.07, 6.45) is 2.62. The molecule has 0 bridgehead atoms. The number of halogens is 2. The number of rotatable bonds is 4. The average molecular weight is 401 g/mol. The van der Waals surface area contributed by atoms with Gasteiger partial charge in [-0.15, -0.1) is 0 Å². The van der Waals surface area contributed by atoms with E-state index in [9.17, 15) is 13.6 Å². The molecule has 0 saturated heterocycles. The Labute approximate surface area is 162 Å². The summed E-state index contributed by atoms with van der Waals surface area (Å²) in [5, 5.41) is 5.48. The van der Waals surface area contributed by atoms with Crippen molar-refractivity contribution in [1.82, 2.24) is 4.98 Å². The molecule has 2 aromatic carbocycles. The molecule has 0 atom stereocenters. The molecule has 0 radical (unpaired) electrons. The lowest BCUT2D eigenvalue weighted by Gasteiger charge is -2.19. The summed E-state index contributed by atoms with van der Waals surface area (Å²) in [4.78, 5) is 17.2. The number of fused-ring (bicyclic) bond motifs is 1. The number of benzene rings is 2. The lowest BCUT2D eigenvalue weighted by atomic mass is 10.2. The largest absolute Gasteiger partial charge is 0.494 e. The number of ether oxygens (including phenoxy) is 2. The topological polar surface area (TPSA) is 64.0 Å². The zero-order chi connectivity index (χ0) is 19.5. The molecule has 1 aliphatic heterocycles. The highest BCUT2D eigenvalue weighted by atomic mass is 32.1. The molecule has 9 heteroatoms. The first-order valence-corrected chi connectivity index (χ1v) is 9.06. The number of carbonyl (C=O) groups excluding carboxylic acids is 1. The summed E-state index contributed by atoms with van der Waals surface area (Å²) in [5.74, 6) is -1.39. The third-order valence-corrected chi connectivity index (χ3v) is 4.76. The molecular weight excluding hydrogens is 388 g/mol. The van der Waals surface area contributed by atoms with Crippen LogP contribution < -0.4 is 5.01 Å². The van der Waals surface area contributed by atoms with Gasteiger partial charge in [0.15, 0.2) is 0 Å². The molecule has 4 rings (SSSR count). The van der Waals surface area contributed by atoms with Crippen LogP contribution in [-0.2, 0) is 14.3 Å². The van der Waals surface area contributed by atoms with E-state index in [1.165, 1.54) is 54.9 Å². The molecule has 0 fully saturated rings. The van der Waals surface area contributed by atoms with E-state index in [4.69, 9.17) is 9.47 Å². The van der Waals surface area contributed by atoms with Crippen molar-refractivity contribution in [2.45, 2.75) is 0 Å². The predicted molar refractivity (Wildman–Crippen MR) is 101 cm³/mol. The summed E-state index contributed by atoms with van der Waals surface area (Å²) in [5.41, 5.74) is 1.12. The first-order chi connectivity index (χ1) is 13.6. The van der Waals surface area contributed by atoms with Crippen LogP contribution >= 0.6 is 11.3 Å². The normalized spacial score (nSPS) is 13.9. The first kappa shape index (κ1) is 18.1. The second-order valence-electron chi connectivity index (χ2n) is 5.72. The van der Waals surface area contributed by atoms with Crippen molar-refractivity contribution >= 4 is 38.8 Å². The minimum absolute atomic E-state index is 0.0204. The minimum atomic E-state index is -0.586. The fourth-order valence-corrected chi connectivity index (χ4v) is 3.37. The van der Waals surface area contributed by atoms with E-state index in [0.717, 1.165) is 16.3 Å². The van der Waals surface area contributed by atoms with E-state index >= 15 is 0 Å². The Hall–Kier alpha value is -3.33. The summed E-state index contributed by atoms with van der Waals surface area (Å²) in [6.45, 7) is 0.578. The van der Waals surface area contributed by atoms with Gasteiger partial charge in [0.2, 0.25) is 10.9 Å². The Kier molecular flexibility index (Phi) is 4.98. The van der Waals surface area contributed by atoms with Crippen molar-refractivity contribution in [2.75, 3.05) is 18.2 Å².